The minimum absolute atomic E-state index is 0.108. The molecule has 1 aliphatic carbocycles. The van der Waals surface area contributed by atoms with Crippen molar-refractivity contribution in [3.8, 4) is 0 Å². The first-order valence-electron chi connectivity index (χ1n) is 7.36. The van der Waals surface area contributed by atoms with Gasteiger partial charge in [0, 0.05) is 19.2 Å². The van der Waals surface area contributed by atoms with Crippen LogP contribution in [0.3, 0.4) is 0 Å². The average molecular weight is 307 g/mol. The normalized spacial score (nSPS) is 24.7. The highest BCUT2D eigenvalue weighted by Gasteiger charge is 2.38. The molecule has 1 aromatic rings. The van der Waals surface area contributed by atoms with Crippen LogP contribution in [0.2, 0.25) is 0 Å². The predicted octanol–water partition coefficient (Wildman–Crippen LogP) is 3.20. The van der Waals surface area contributed by atoms with Gasteiger partial charge >= 0.3 is 5.97 Å². The first-order chi connectivity index (χ1) is 10.5. The van der Waals surface area contributed by atoms with Crippen LogP contribution in [0.25, 0.3) is 0 Å². The summed E-state index contributed by atoms with van der Waals surface area (Å²) >= 11 is 0. The Morgan fingerprint density at radius 2 is 1.86 bits per heavy atom. The van der Waals surface area contributed by atoms with Crippen molar-refractivity contribution in [3.63, 3.8) is 0 Å². The number of non-ortho nitro benzene ring substituents is 1. The molecule has 22 heavy (non-hydrogen) atoms. The summed E-state index contributed by atoms with van der Waals surface area (Å²) in [5.74, 6) is 0.0948. The molecule has 6 nitrogen and oxygen atoms in total. The molecule has 0 bridgehead atoms. The lowest BCUT2D eigenvalue weighted by Crippen LogP contribution is -2.38. The highest BCUT2D eigenvalue weighted by Crippen LogP contribution is 2.41. The van der Waals surface area contributed by atoms with Gasteiger partial charge in [0.25, 0.3) is 5.69 Å². The number of nitro groups is 1. The molecule has 2 rings (SSSR count). The molecular weight excluding hydrogens is 286 g/mol. The number of nitro benzene ring substituents is 1. The Balaban J connectivity index is 2.01. The molecule has 0 aliphatic heterocycles. The number of hydrogen-bond donors (Lipinski definition) is 0. The predicted molar refractivity (Wildman–Crippen MR) is 80.7 cm³/mol. The van der Waals surface area contributed by atoms with Crippen LogP contribution < -0.4 is 0 Å². The highest BCUT2D eigenvalue weighted by atomic mass is 16.6. The topological polar surface area (TPSA) is 78.7 Å². The second-order valence-corrected chi connectivity index (χ2v) is 5.76. The number of esters is 1. The summed E-state index contributed by atoms with van der Waals surface area (Å²) < 4.78 is 10.3. The van der Waals surface area contributed by atoms with E-state index in [2.05, 4.69) is 0 Å². The number of methoxy groups -OCH3 is 2. The molecule has 0 N–H and O–H groups in total. The Hall–Kier alpha value is -1.95. The molecule has 0 saturated heterocycles. The van der Waals surface area contributed by atoms with Crippen LogP contribution in [-0.2, 0) is 14.3 Å². The van der Waals surface area contributed by atoms with Gasteiger partial charge < -0.3 is 9.47 Å². The van der Waals surface area contributed by atoms with E-state index >= 15 is 0 Å². The maximum absolute atomic E-state index is 11.5. The monoisotopic (exact) mass is 307 g/mol. The van der Waals surface area contributed by atoms with Gasteiger partial charge in [0.15, 0.2) is 0 Å². The molecular formula is C16H21NO5. The first kappa shape index (κ1) is 16.4. The van der Waals surface area contributed by atoms with E-state index in [1.807, 2.05) is 12.1 Å². The zero-order valence-corrected chi connectivity index (χ0v) is 12.9. The Kier molecular flexibility index (Phi) is 5.13. The fraction of sp³-hybridized carbons (Fsp3) is 0.562. The van der Waals surface area contributed by atoms with Crippen LogP contribution in [0.15, 0.2) is 24.3 Å². The minimum Gasteiger partial charge on any atom is -0.469 e. The summed E-state index contributed by atoms with van der Waals surface area (Å²) in [6.45, 7) is 0. The van der Waals surface area contributed by atoms with E-state index in [-0.39, 0.29) is 18.1 Å². The highest BCUT2D eigenvalue weighted by molar-refractivity contribution is 5.70. The van der Waals surface area contributed by atoms with Crippen molar-refractivity contribution in [1.29, 1.82) is 0 Å². The lowest BCUT2D eigenvalue weighted by atomic mass is 9.74. The number of ether oxygens (including phenoxy) is 2. The van der Waals surface area contributed by atoms with Crippen molar-refractivity contribution >= 4 is 11.7 Å². The maximum Gasteiger partial charge on any atom is 0.308 e. The molecule has 0 atom stereocenters. The molecule has 0 radical (unpaired) electrons. The molecule has 0 spiro atoms. The van der Waals surface area contributed by atoms with Gasteiger partial charge in [0.2, 0.25) is 0 Å². The lowest BCUT2D eigenvalue weighted by Gasteiger charge is -2.38. The van der Waals surface area contributed by atoms with E-state index in [1.54, 1.807) is 19.2 Å². The van der Waals surface area contributed by atoms with Crippen molar-refractivity contribution in [3.05, 3.63) is 39.9 Å². The van der Waals surface area contributed by atoms with Gasteiger partial charge in [0.1, 0.15) is 0 Å². The van der Waals surface area contributed by atoms with E-state index in [0.717, 1.165) is 31.2 Å². The standard InChI is InChI=1S/C16H21NO5/c1-21-15(18)11-16(22-2)9-7-13(8-10-16)12-3-5-14(6-4-12)17(19)20/h3-6,13H,7-11H2,1-2H3/t13-,16+. The third-order valence-electron chi connectivity index (χ3n) is 4.60. The van der Waals surface area contributed by atoms with Crippen LogP contribution in [0, 0.1) is 10.1 Å². The Bertz CT molecular complexity index is 532. The number of rotatable bonds is 5. The molecule has 0 amide bonds. The Morgan fingerprint density at radius 1 is 1.27 bits per heavy atom. The molecule has 1 aliphatic rings. The van der Waals surface area contributed by atoms with Gasteiger partial charge in [-0.05, 0) is 37.2 Å². The molecule has 0 aromatic heterocycles. The number of hydrogen-bond acceptors (Lipinski definition) is 5. The van der Waals surface area contributed by atoms with Crippen LogP contribution in [0.4, 0.5) is 5.69 Å². The number of benzene rings is 1. The SMILES string of the molecule is COC(=O)C[C@]1(OC)CC[C@@H](c2ccc([N+](=O)[O-])cc2)CC1. The second kappa shape index (κ2) is 6.87. The summed E-state index contributed by atoms with van der Waals surface area (Å²) in [5.41, 5.74) is 0.773. The lowest BCUT2D eigenvalue weighted by molar-refractivity contribution is -0.384. The van der Waals surface area contributed by atoms with Crippen LogP contribution >= 0.6 is 0 Å². The molecule has 120 valence electrons. The molecule has 1 fully saturated rings. The summed E-state index contributed by atoms with van der Waals surface area (Å²) in [6, 6.07) is 6.73. The zero-order valence-electron chi connectivity index (χ0n) is 12.9. The van der Waals surface area contributed by atoms with Gasteiger partial charge in [0.05, 0.1) is 24.1 Å². The number of carbonyl (C=O) groups is 1. The van der Waals surface area contributed by atoms with E-state index < -0.39 is 10.5 Å². The summed E-state index contributed by atoms with van der Waals surface area (Å²) in [5, 5.41) is 10.7. The van der Waals surface area contributed by atoms with Crippen molar-refractivity contribution in [1.82, 2.24) is 0 Å². The third kappa shape index (κ3) is 3.62. The third-order valence-corrected chi connectivity index (χ3v) is 4.60. The minimum atomic E-state index is -0.440. The van der Waals surface area contributed by atoms with E-state index in [9.17, 15) is 14.9 Å². The van der Waals surface area contributed by atoms with E-state index in [4.69, 9.17) is 9.47 Å². The fourth-order valence-corrected chi connectivity index (χ4v) is 3.13. The second-order valence-electron chi connectivity index (χ2n) is 5.76. The fourth-order valence-electron chi connectivity index (χ4n) is 3.13. The van der Waals surface area contributed by atoms with E-state index in [0.29, 0.717) is 5.92 Å². The van der Waals surface area contributed by atoms with Crippen molar-refractivity contribution in [2.75, 3.05) is 14.2 Å². The van der Waals surface area contributed by atoms with Crippen LogP contribution in [0.1, 0.15) is 43.6 Å². The number of carbonyl (C=O) groups excluding carboxylic acids is 1. The largest absolute Gasteiger partial charge is 0.469 e. The van der Waals surface area contributed by atoms with Crippen molar-refractivity contribution in [2.24, 2.45) is 0 Å². The maximum atomic E-state index is 11.5. The molecule has 6 heteroatoms. The zero-order chi connectivity index (χ0) is 16.2. The number of nitrogens with zero attached hydrogens (tertiary/aromatic N) is 1. The van der Waals surface area contributed by atoms with Crippen molar-refractivity contribution in [2.45, 2.75) is 43.6 Å². The van der Waals surface area contributed by atoms with Gasteiger partial charge in [-0.1, -0.05) is 12.1 Å². The van der Waals surface area contributed by atoms with Crippen molar-refractivity contribution < 1.29 is 19.2 Å². The smallest absolute Gasteiger partial charge is 0.308 e. The summed E-state index contributed by atoms with van der Waals surface area (Å²) in [6.07, 6.45) is 3.61. The Labute approximate surface area is 129 Å². The van der Waals surface area contributed by atoms with Gasteiger partial charge in [-0.2, -0.15) is 0 Å². The summed E-state index contributed by atoms with van der Waals surface area (Å²) in [4.78, 5) is 21.8. The molecule has 1 aromatic carbocycles. The van der Waals surface area contributed by atoms with Crippen LogP contribution in [-0.4, -0.2) is 30.7 Å². The van der Waals surface area contributed by atoms with E-state index in [1.165, 1.54) is 7.11 Å². The molecule has 1 saturated carbocycles. The quantitative estimate of drug-likeness (QED) is 0.474. The van der Waals surface area contributed by atoms with Crippen LogP contribution in [0.5, 0.6) is 0 Å². The average Bonchev–Trinajstić information content (AvgIpc) is 2.55. The molecule has 0 heterocycles. The van der Waals surface area contributed by atoms with Gasteiger partial charge in [-0.3, -0.25) is 14.9 Å². The first-order valence-corrected chi connectivity index (χ1v) is 7.36. The molecule has 0 unspecified atom stereocenters. The van der Waals surface area contributed by atoms with Gasteiger partial charge in [-0.25, -0.2) is 0 Å². The summed E-state index contributed by atoms with van der Waals surface area (Å²) in [7, 11) is 3.02. The van der Waals surface area contributed by atoms with Gasteiger partial charge in [-0.15, -0.1) is 0 Å². The Morgan fingerprint density at radius 3 is 2.32 bits per heavy atom.